The maximum absolute atomic E-state index is 12.9. The summed E-state index contributed by atoms with van der Waals surface area (Å²) in [5, 5.41) is 0. The van der Waals surface area contributed by atoms with Crippen LogP contribution in [0.2, 0.25) is 0 Å². The number of ether oxygens (including phenoxy) is 1. The van der Waals surface area contributed by atoms with Crippen molar-refractivity contribution in [2.24, 2.45) is 0 Å². The zero-order valence-corrected chi connectivity index (χ0v) is 16.6. The predicted octanol–water partition coefficient (Wildman–Crippen LogP) is 3.13. The summed E-state index contributed by atoms with van der Waals surface area (Å²) in [6.45, 7) is 8.41. The minimum absolute atomic E-state index is 0.329. The number of methoxy groups -OCH3 is 1. The molecule has 1 aliphatic heterocycles. The quantitative estimate of drug-likeness (QED) is 0.825. The molecule has 1 saturated heterocycles. The van der Waals surface area contributed by atoms with Crippen molar-refractivity contribution in [2.75, 3.05) is 38.2 Å². The van der Waals surface area contributed by atoms with E-state index in [2.05, 4.69) is 36.9 Å². The summed E-state index contributed by atoms with van der Waals surface area (Å²) < 4.78 is 32.7. The van der Waals surface area contributed by atoms with Gasteiger partial charge in [-0.2, -0.15) is 4.31 Å². The number of hydrogen-bond donors (Lipinski definition) is 0. The van der Waals surface area contributed by atoms with E-state index in [9.17, 15) is 8.42 Å². The van der Waals surface area contributed by atoms with E-state index in [0.717, 1.165) is 11.3 Å². The van der Waals surface area contributed by atoms with Crippen LogP contribution in [0.15, 0.2) is 41.3 Å². The highest BCUT2D eigenvalue weighted by Gasteiger charge is 2.29. The van der Waals surface area contributed by atoms with Gasteiger partial charge < -0.3 is 9.64 Å². The molecule has 1 aliphatic rings. The lowest BCUT2D eigenvalue weighted by Crippen LogP contribution is -2.48. The van der Waals surface area contributed by atoms with Crippen LogP contribution >= 0.6 is 0 Å². The molecule has 0 saturated carbocycles. The van der Waals surface area contributed by atoms with Crippen LogP contribution in [0.5, 0.6) is 5.75 Å². The zero-order valence-electron chi connectivity index (χ0n) is 15.8. The molecule has 0 spiro atoms. The Morgan fingerprint density at radius 3 is 2.12 bits per heavy atom. The molecular formula is C20H26N2O3S. The highest BCUT2D eigenvalue weighted by Crippen LogP contribution is 2.26. The summed E-state index contributed by atoms with van der Waals surface area (Å²) in [6.07, 6.45) is 0. The smallest absolute Gasteiger partial charge is 0.243 e. The van der Waals surface area contributed by atoms with Crippen molar-refractivity contribution in [1.29, 1.82) is 0 Å². The van der Waals surface area contributed by atoms with Crippen LogP contribution in [0, 0.1) is 20.8 Å². The van der Waals surface area contributed by atoms with Gasteiger partial charge in [0, 0.05) is 31.9 Å². The lowest BCUT2D eigenvalue weighted by Gasteiger charge is -2.35. The van der Waals surface area contributed by atoms with E-state index >= 15 is 0 Å². The average molecular weight is 375 g/mol. The lowest BCUT2D eigenvalue weighted by molar-refractivity contribution is 0.384. The Kier molecular flexibility index (Phi) is 5.25. The Morgan fingerprint density at radius 1 is 0.846 bits per heavy atom. The molecule has 0 bridgehead atoms. The van der Waals surface area contributed by atoms with Gasteiger partial charge in [-0.25, -0.2) is 8.42 Å². The molecule has 1 heterocycles. The third-order valence-electron chi connectivity index (χ3n) is 5.10. The summed E-state index contributed by atoms with van der Waals surface area (Å²) in [7, 11) is -1.89. The van der Waals surface area contributed by atoms with E-state index in [1.165, 1.54) is 11.1 Å². The predicted molar refractivity (Wildman–Crippen MR) is 105 cm³/mol. The summed E-state index contributed by atoms with van der Waals surface area (Å²) in [5.41, 5.74) is 4.50. The van der Waals surface area contributed by atoms with Gasteiger partial charge in [0.1, 0.15) is 5.75 Å². The minimum atomic E-state index is -3.48. The maximum atomic E-state index is 12.9. The molecule has 5 nitrogen and oxygen atoms in total. The molecule has 140 valence electrons. The first-order valence-corrected chi connectivity index (χ1v) is 10.2. The van der Waals surface area contributed by atoms with Crippen molar-refractivity contribution in [3.63, 3.8) is 0 Å². The van der Waals surface area contributed by atoms with Gasteiger partial charge in [0.25, 0.3) is 0 Å². The second kappa shape index (κ2) is 7.29. The van der Waals surface area contributed by atoms with Gasteiger partial charge in [-0.3, -0.25) is 0 Å². The monoisotopic (exact) mass is 374 g/mol. The van der Waals surface area contributed by atoms with Gasteiger partial charge in [0.15, 0.2) is 0 Å². The van der Waals surface area contributed by atoms with Crippen LogP contribution in [-0.2, 0) is 10.0 Å². The second-order valence-electron chi connectivity index (χ2n) is 6.79. The molecule has 0 amide bonds. The molecule has 26 heavy (non-hydrogen) atoms. The fourth-order valence-corrected chi connectivity index (χ4v) is 4.78. The van der Waals surface area contributed by atoms with Crippen LogP contribution in [0.25, 0.3) is 0 Å². The Hall–Kier alpha value is -2.05. The first kappa shape index (κ1) is 18.7. The number of sulfonamides is 1. The van der Waals surface area contributed by atoms with Crippen LogP contribution < -0.4 is 9.64 Å². The van der Waals surface area contributed by atoms with Crippen LogP contribution in [0.3, 0.4) is 0 Å². The van der Waals surface area contributed by atoms with Crippen molar-refractivity contribution in [2.45, 2.75) is 25.7 Å². The summed E-state index contributed by atoms with van der Waals surface area (Å²) in [4.78, 5) is 2.58. The van der Waals surface area contributed by atoms with Crippen LogP contribution in [0.4, 0.5) is 5.69 Å². The number of piperazine rings is 1. The fraction of sp³-hybridized carbons (Fsp3) is 0.400. The van der Waals surface area contributed by atoms with Crippen LogP contribution in [-0.4, -0.2) is 46.0 Å². The van der Waals surface area contributed by atoms with Gasteiger partial charge in [-0.05, 0) is 67.8 Å². The molecule has 2 aromatic carbocycles. The molecule has 2 aromatic rings. The van der Waals surface area contributed by atoms with Crippen molar-refractivity contribution in [3.8, 4) is 5.75 Å². The Bertz CT molecular complexity index is 901. The lowest BCUT2D eigenvalue weighted by atomic mass is 10.1. The topological polar surface area (TPSA) is 49.9 Å². The van der Waals surface area contributed by atoms with Gasteiger partial charge in [0.05, 0.1) is 12.0 Å². The Morgan fingerprint density at radius 2 is 1.54 bits per heavy atom. The molecule has 6 heteroatoms. The summed E-state index contributed by atoms with van der Waals surface area (Å²) >= 11 is 0. The van der Waals surface area contributed by atoms with E-state index in [0.29, 0.717) is 36.8 Å². The SMILES string of the molecule is COc1ccc(S(=O)(=O)N2CCN(c3ccc(C)c(C)c3)CC2)cc1C. The number of rotatable bonds is 4. The van der Waals surface area contributed by atoms with Crippen molar-refractivity contribution in [1.82, 2.24) is 4.31 Å². The molecule has 0 radical (unpaired) electrons. The van der Waals surface area contributed by atoms with Gasteiger partial charge >= 0.3 is 0 Å². The third-order valence-corrected chi connectivity index (χ3v) is 6.99. The van der Waals surface area contributed by atoms with E-state index < -0.39 is 10.0 Å². The minimum Gasteiger partial charge on any atom is -0.496 e. The number of benzene rings is 2. The maximum Gasteiger partial charge on any atom is 0.243 e. The number of aryl methyl sites for hydroxylation is 3. The first-order valence-electron chi connectivity index (χ1n) is 8.80. The normalized spacial score (nSPS) is 15.9. The molecule has 0 aromatic heterocycles. The van der Waals surface area contributed by atoms with Gasteiger partial charge in [-0.1, -0.05) is 6.07 Å². The highest BCUT2D eigenvalue weighted by molar-refractivity contribution is 7.89. The van der Waals surface area contributed by atoms with Crippen molar-refractivity contribution < 1.29 is 13.2 Å². The van der Waals surface area contributed by atoms with E-state index in [-0.39, 0.29) is 0 Å². The van der Waals surface area contributed by atoms with Gasteiger partial charge in [0.2, 0.25) is 10.0 Å². The molecule has 3 rings (SSSR count). The van der Waals surface area contributed by atoms with Gasteiger partial charge in [-0.15, -0.1) is 0 Å². The number of hydrogen-bond acceptors (Lipinski definition) is 4. The molecule has 0 atom stereocenters. The van der Waals surface area contributed by atoms with E-state index in [1.54, 1.807) is 29.6 Å². The average Bonchev–Trinajstić information content (AvgIpc) is 2.64. The van der Waals surface area contributed by atoms with Crippen molar-refractivity contribution >= 4 is 15.7 Å². The zero-order chi connectivity index (χ0) is 18.9. The molecule has 0 N–H and O–H groups in total. The Balaban J connectivity index is 1.74. The van der Waals surface area contributed by atoms with E-state index in [1.807, 2.05) is 6.92 Å². The standard InChI is InChI=1S/C20H26N2O3S/c1-15-5-6-18(13-16(15)2)21-9-11-22(12-10-21)26(23,24)19-7-8-20(25-4)17(3)14-19/h5-8,13-14H,9-12H2,1-4H3. The number of nitrogens with zero attached hydrogens (tertiary/aromatic N) is 2. The number of anilines is 1. The Labute approximate surface area is 156 Å². The summed E-state index contributed by atoms with van der Waals surface area (Å²) in [5.74, 6) is 0.698. The summed E-state index contributed by atoms with van der Waals surface area (Å²) in [6, 6.07) is 11.4. The van der Waals surface area contributed by atoms with E-state index in [4.69, 9.17) is 4.74 Å². The molecule has 0 aliphatic carbocycles. The van der Waals surface area contributed by atoms with Crippen LogP contribution in [0.1, 0.15) is 16.7 Å². The molecule has 0 unspecified atom stereocenters. The highest BCUT2D eigenvalue weighted by atomic mass is 32.2. The first-order chi connectivity index (χ1) is 12.3. The second-order valence-corrected chi connectivity index (χ2v) is 8.73. The molecule has 1 fully saturated rings. The molecular weight excluding hydrogens is 348 g/mol. The largest absolute Gasteiger partial charge is 0.496 e. The third kappa shape index (κ3) is 3.57. The fourth-order valence-electron chi connectivity index (χ4n) is 3.27. The van der Waals surface area contributed by atoms with Crippen molar-refractivity contribution in [3.05, 3.63) is 53.1 Å².